The molecule has 2 aliphatic rings. The third-order valence-electron chi connectivity index (χ3n) is 6.26. The van der Waals surface area contributed by atoms with E-state index in [2.05, 4.69) is 34.3 Å². The normalized spacial score (nSPS) is 18.8. The molecular weight excluding hydrogens is 369 g/mol. The van der Waals surface area contributed by atoms with Gasteiger partial charge in [0, 0.05) is 48.3 Å². The van der Waals surface area contributed by atoms with E-state index in [-0.39, 0.29) is 16.9 Å². The van der Waals surface area contributed by atoms with E-state index in [1.54, 1.807) is 11.0 Å². The maximum atomic E-state index is 14.7. The molecule has 2 aromatic heterocycles. The number of aromatic amines is 2. The number of amides is 1. The van der Waals surface area contributed by atoms with E-state index >= 15 is 0 Å². The molecule has 152 valence electrons. The minimum atomic E-state index is -0.475. The molecule has 1 aliphatic carbocycles. The molecule has 5 rings (SSSR count). The number of fused-ring (bicyclic) bond motifs is 2. The summed E-state index contributed by atoms with van der Waals surface area (Å²) in [6.45, 7) is 7.23. The van der Waals surface area contributed by atoms with Crippen LogP contribution in [0.1, 0.15) is 41.9 Å². The molecule has 6 nitrogen and oxygen atoms in total. The van der Waals surface area contributed by atoms with Crippen LogP contribution in [0.25, 0.3) is 22.3 Å². The number of rotatable bonds is 2. The first kappa shape index (κ1) is 18.4. The molecule has 1 saturated heterocycles. The van der Waals surface area contributed by atoms with Gasteiger partial charge in [0.05, 0.1) is 11.3 Å². The van der Waals surface area contributed by atoms with Gasteiger partial charge in [-0.3, -0.25) is 9.89 Å². The van der Waals surface area contributed by atoms with E-state index in [1.165, 1.54) is 17.3 Å². The Morgan fingerprint density at radius 1 is 1.21 bits per heavy atom. The molecule has 0 saturated carbocycles. The average molecular weight is 395 g/mol. The van der Waals surface area contributed by atoms with Crippen molar-refractivity contribution in [1.82, 2.24) is 25.4 Å². The standard InChI is InChI=1S/C22H26FN5O/c1-22(2)4-3-14-19(12-22)26-27-20(14)18-10-13-9-16(23)15(11-17(13)25-18)21(29)28-7-5-24-6-8-28/h9-11,24-25H,3-8,12H2,1-2H3,(H,26,27). The molecule has 1 aliphatic heterocycles. The van der Waals surface area contributed by atoms with Gasteiger partial charge in [-0.25, -0.2) is 4.39 Å². The zero-order chi connectivity index (χ0) is 20.2. The molecular formula is C22H26FN5O. The van der Waals surface area contributed by atoms with Gasteiger partial charge in [0.25, 0.3) is 5.91 Å². The fourth-order valence-electron chi connectivity index (χ4n) is 4.55. The van der Waals surface area contributed by atoms with E-state index in [0.29, 0.717) is 13.1 Å². The van der Waals surface area contributed by atoms with Crippen molar-refractivity contribution < 1.29 is 9.18 Å². The zero-order valence-corrected chi connectivity index (χ0v) is 16.9. The minimum absolute atomic E-state index is 0.124. The summed E-state index contributed by atoms with van der Waals surface area (Å²) in [7, 11) is 0. The van der Waals surface area contributed by atoms with Crippen LogP contribution in [-0.4, -0.2) is 52.2 Å². The van der Waals surface area contributed by atoms with Crippen LogP contribution in [0.5, 0.6) is 0 Å². The SMILES string of the molecule is CC1(C)CCc2c(-c3cc4cc(F)c(C(=O)N5CCNCC5)cc4[nH]3)n[nH]c2C1. The zero-order valence-electron chi connectivity index (χ0n) is 16.9. The third kappa shape index (κ3) is 3.23. The molecule has 0 bridgehead atoms. The molecule has 1 fully saturated rings. The van der Waals surface area contributed by atoms with Gasteiger partial charge in [0.1, 0.15) is 11.5 Å². The van der Waals surface area contributed by atoms with Gasteiger partial charge >= 0.3 is 0 Å². The highest BCUT2D eigenvalue weighted by molar-refractivity contribution is 5.99. The van der Waals surface area contributed by atoms with Crippen molar-refractivity contribution in [2.75, 3.05) is 26.2 Å². The lowest BCUT2D eigenvalue weighted by Crippen LogP contribution is -2.46. The minimum Gasteiger partial charge on any atom is -0.353 e. The molecule has 1 amide bonds. The fraction of sp³-hybridized carbons (Fsp3) is 0.455. The van der Waals surface area contributed by atoms with Crippen molar-refractivity contribution in [2.45, 2.75) is 33.1 Å². The topological polar surface area (TPSA) is 76.8 Å². The van der Waals surface area contributed by atoms with Crippen molar-refractivity contribution in [2.24, 2.45) is 5.41 Å². The molecule has 3 heterocycles. The van der Waals surface area contributed by atoms with E-state index in [4.69, 9.17) is 0 Å². The highest BCUT2D eigenvalue weighted by Gasteiger charge is 2.29. The first-order valence-electron chi connectivity index (χ1n) is 10.3. The number of carbonyl (C=O) groups is 1. The number of H-pyrrole nitrogens is 2. The van der Waals surface area contributed by atoms with Crippen LogP contribution in [0.3, 0.4) is 0 Å². The van der Waals surface area contributed by atoms with Crippen molar-refractivity contribution in [3.63, 3.8) is 0 Å². The average Bonchev–Trinajstić information content (AvgIpc) is 3.29. The van der Waals surface area contributed by atoms with Crippen LogP contribution in [0.15, 0.2) is 18.2 Å². The second kappa shape index (κ2) is 6.69. The van der Waals surface area contributed by atoms with Crippen LogP contribution < -0.4 is 5.32 Å². The van der Waals surface area contributed by atoms with E-state index < -0.39 is 5.82 Å². The number of nitrogens with one attached hydrogen (secondary N) is 3. The maximum Gasteiger partial charge on any atom is 0.256 e. The first-order valence-corrected chi connectivity index (χ1v) is 10.3. The second-order valence-electron chi connectivity index (χ2n) is 9.01. The van der Waals surface area contributed by atoms with Gasteiger partial charge in [-0.15, -0.1) is 0 Å². The van der Waals surface area contributed by atoms with E-state index in [9.17, 15) is 9.18 Å². The van der Waals surface area contributed by atoms with Gasteiger partial charge in [-0.05, 0) is 42.9 Å². The number of aromatic nitrogens is 3. The van der Waals surface area contributed by atoms with Crippen molar-refractivity contribution in [1.29, 1.82) is 0 Å². The number of hydrogen-bond donors (Lipinski definition) is 3. The third-order valence-corrected chi connectivity index (χ3v) is 6.26. The summed E-state index contributed by atoms with van der Waals surface area (Å²) in [5.74, 6) is -0.723. The van der Waals surface area contributed by atoms with Crippen LogP contribution in [0, 0.1) is 11.2 Å². The van der Waals surface area contributed by atoms with Gasteiger partial charge in [-0.2, -0.15) is 5.10 Å². The van der Waals surface area contributed by atoms with Gasteiger partial charge in [0.15, 0.2) is 0 Å². The molecule has 0 unspecified atom stereocenters. The fourth-order valence-corrected chi connectivity index (χ4v) is 4.55. The molecule has 0 radical (unpaired) electrons. The largest absolute Gasteiger partial charge is 0.353 e. The monoisotopic (exact) mass is 395 g/mol. The molecule has 3 N–H and O–H groups in total. The van der Waals surface area contributed by atoms with Crippen molar-refractivity contribution in [3.05, 3.63) is 40.8 Å². The highest BCUT2D eigenvalue weighted by Crippen LogP contribution is 2.38. The van der Waals surface area contributed by atoms with Crippen molar-refractivity contribution in [3.8, 4) is 11.4 Å². The van der Waals surface area contributed by atoms with Gasteiger partial charge in [-0.1, -0.05) is 13.8 Å². The smallest absolute Gasteiger partial charge is 0.256 e. The van der Waals surface area contributed by atoms with Crippen LogP contribution in [0.4, 0.5) is 4.39 Å². The number of hydrogen-bond acceptors (Lipinski definition) is 3. The number of carbonyl (C=O) groups excluding carboxylic acids is 1. The Morgan fingerprint density at radius 3 is 2.79 bits per heavy atom. The Labute approximate surface area is 168 Å². The van der Waals surface area contributed by atoms with Crippen LogP contribution in [0.2, 0.25) is 0 Å². The first-order chi connectivity index (χ1) is 13.9. The summed E-state index contributed by atoms with van der Waals surface area (Å²) in [6, 6.07) is 5.02. The quantitative estimate of drug-likeness (QED) is 0.623. The summed E-state index contributed by atoms with van der Waals surface area (Å²) in [6.07, 6.45) is 3.07. The molecule has 3 aromatic rings. The molecule has 29 heavy (non-hydrogen) atoms. The molecule has 1 aromatic carbocycles. The lowest BCUT2D eigenvalue weighted by atomic mass is 9.76. The molecule has 0 spiro atoms. The summed E-state index contributed by atoms with van der Waals surface area (Å²) in [5, 5.41) is 11.7. The van der Waals surface area contributed by atoms with E-state index in [1.807, 2.05) is 6.07 Å². The van der Waals surface area contributed by atoms with Crippen LogP contribution in [-0.2, 0) is 12.8 Å². The molecule has 7 heteroatoms. The second-order valence-corrected chi connectivity index (χ2v) is 9.01. The Morgan fingerprint density at radius 2 is 2.00 bits per heavy atom. The number of halogens is 1. The summed E-state index contributed by atoms with van der Waals surface area (Å²) in [4.78, 5) is 17.8. The number of piperazine rings is 1. The van der Waals surface area contributed by atoms with Gasteiger partial charge in [0.2, 0.25) is 0 Å². The highest BCUT2D eigenvalue weighted by atomic mass is 19.1. The lowest BCUT2D eigenvalue weighted by molar-refractivity contribution is 0.0731. The van der Waals surface area contributed by atoms with Crippen molar-refractivity contribution >= 4 is 16.8 Å². The summed E-state index contributed by atoms with van der Waals surface area (Å²) < 4.78 is 14.7. The lowest BCUT2D eigenvalue weighted by Gasteiger charge is -2.28. The maximum absolute atomic E-state index is 14.7. The Hall–Kier alpha value is -2.67. The van der Waals surface area contributed by atoms with Crippen LogP contribution >= 0.6 is 0 Å². The number of nitrogens with zero attached hydrogens (tertiary/aromatic N) is 2. The van der Waals surface area contributed by atoms with Gasteiger partial charge < -0.3 is 15.2 Å². The Balaban J connectivity index is 1.50. The van der Waals surface area contributed by atoms with E-state index in [0.717, 1.165) is 54.6 Å². The Bertz CT molecular complexity index is 1090. The summed E-state index contributed by atoms with van der Waals surface area (Å²) >= 11 is 0. The number of benzene rings is 1. The summed E-state index contributed by atoms with van der Waals surface area (Å²) in [5.41, 5.74) is 5.36. The predicted molar refractivity (Wildman–Crippen MR) is 110 cm³/mol. The Kier molecular flexibility index (Phi) is 4.24. The predicted octanol–water partition coefficient (Wildman–Crippen LogP) is 3.26. The molecule has 0 atom stereocenters.